The summed E-state index contributed by atoms with van der Waals surface area (Å²) in [4.78, 5) is 0. The third-order valence-electron chi connectivity index (χ3n) is 3.51. The summed E-state index contributed by atoms with van der Waals surface area (Å²) in [5, 5.41) is 7.97. The predicted octanol–water partition coefficient (Wildman–Crippen LogP) is 3.67. The molecule has 2 rings (SSSR count). The van der Waals surface area contributed by atoms with Crippen LogP contribution in [0.5, 0.6) is 5.75 Å². The van der Waals surface area contributed by atoms with Gasteiger partial charge in [-0.3, -0.25) is 4.68 Å². The van der Waals surface area contributed by atoms with Crippen LogP contribution in [0.25, 0.3) is 0 Å². The third kappa shape index (κ3) is 3.58. The lowest BCUT2D eigenvalue weighted by Gasteiger charge is -2.17. The van der Waals surface area contributed by atoms with Crippen molar-refractivity contribution in [2.45, 2.75) is 38.9 Å². The Hall–Kier alpha value is -2.05. The van der Waals surface area contributed by atoms with E-state index < -0.39 is 11.7 Å². The summed E-state index contributed by atoms with van der Waals surface area (Å²) in [7, 11) is 1.45. The van der Waals surface area contributed by atoms with Gasteiger partial charge in [0.25, 0.3) is 0 Å². The van der Waals surface area contributed by atoms with Gasteiger partial charge in [0.2, 0.25) is 0 Å². The predicted molar refractivity (Wildman–Crippen MR) is 75.8 cm³/mol. The van der Waals surface area contributed by atoms with E-state index in [2.05, 4.69) is 10.3 Å². The SMILES string of the molecule is CCn1cc(CC(C)c2cc(C(F)(F)F)ccc2OC)nn1. The molecule has 0 aliphatic carbocycles. The van der Waals surface area contributed by atoms with Gasteiger partial charge in [0.15, 0.2) is 0 Å². The Kier molecular flexibility index (Phi) is 4.73. The molecule has 0 spiro atoms. The highest BCUT2D eigenvalue weighted by molar-refractivity contribution is 5.41. The molecular weight excluding hydrogens is 295 g/mol. The Morgan fingerprint density at radius 1 is 1.32 bits per heavy atom. The lowest BCUT2D eigenvalue weighted by atomic mass is 9.94. The maximum Gasteiger partial charge on any atom is 0.416 e. The van der Waals surface area contributed by atoms with E-state index >= 15 is 0 Å². The fourth-order valence-electron chi connectivity index (χ4n) is 2.31. The van der Waals surface area contributed by atoms with Crippen molar-refractivity contribution in [1.29, 1.82) is 0 Å². The lowest BCUT2D eigenvalue weighted by molar-refractivity contribution is -0.137. The topological polar surface area (TPSA) is 39.9 Å². The van der Waals surface area contributed by atoms with Crippen LogP contribution in [0.2, 0.25) is 0 Å². The van der Waals surface area contributed by atoms with Crippen molar-refractivity contribution < 1.29 is 17.9 Å². The zero-order valence-electron chi connectivity index (χ0n) is 12.7. The van der Waals surface area contributed by atoms with Crippen LogP contribution in [0.15, 0.2) is 24.4 Å². The molecule has 22 heavy (non-hydrogen) atoms. The first kappa shape index (κ1) is 16.3. The van der Waals surface area contributed by atoms with E-state index in [9.17, 15) is 13.2 Å². The largest absolute Gasteiger partial charge is 0.496 e. The Morgan fingerprint density at radius 3 is 2.59 bits per heavy atom. The molecule has 1 atom stereocenters. The van der Waals surface area contributed by atoms with Crippen LogP contribution in [-0.2, 0) is 19.1 Å². The number of hydrogen-bond donors (Lipinski definition) is 0. The van der Waals surface area contributed by atoms with Crippen LogP contribution < -0.4 is 4.74 Å². The molecule has 0 N–H and O–H groups in total. The average Bonchev–Trinajstić information content (AvgIpc) is 2.93. The van der Waals surface area contributed by atoms with Gasteiger partial charge in [-0.05, 0) is 43.0 Å². The molecule has 1 aromatic heterocycles. The Balaban J connectivity index is 2.28. The van der Waals surface area contributed by atoms with Gasteiger partial charge >= 0.3 is 6.18 Å². The van der Waals surface area contributed by atoms with Crippen molar-refractivity contribution in [3.8, 4) is 5.75 Å². The molecule has 120 valence electrons. The van der Waals surface area contributed by atoms with Crippen LogP contribution in [0.3, 0.4) is 0 Å². The molecule has 1 heterocycles. The number of hydrogen-bond acceptors (Lipinski definition) is 3. The smallest absolute Gasteiger partial charge is 0.416 e. The van der Waals surface area contributed by atoms with E-state index in [0.717, 1.165) is 17.8 Å². The zero-order chi connectivity index (χ0) is 16.3. The second-order valence-electron chi connectivity index (χ2n) is 5.13. The average molecular weight is 313 g/mol. The van der Waals surface area contributed by atoms with Gasteiger partial charge in [-0.15, -0.1) is 5.10 Å². The lowest BCUT2D eigenvalue weighted by Crippen LogP contribution is -2.08. The molecule has 0 bridgehead atoms. The van der Waals surface area contributed by atoms with Crippen molar-refractivity contribution in [2.75, 3.05) is 7.11 Å². The maximum atomic E-state index is 12.9. The van der Waals surface area contributed by atoms with E-state index in [0.29, 0.717) is 24.3 Å². The molecule has 0 aliphatic heterocycles. The van der Waals surface area contributed by atoms with Crippen LogP contribution >= 0.6 is 0 Å². The highest BCUT2D eigenvalue weighted by atomic mass is 19.4. The first-order valence-electron chi connectivity index (χ1n) is 6.99. The van der Waals surface area contributed by atoms with E-state index in [1.54, 1.807) is 10.9 Å². The van der Waals surface area contributed by atoms with E-state index in [4.69, 9.17) is 4.74 Å². The van der Waals surface area contributed by atoms with Crippen molar-refractivity contribution in [3.63, 3.8) is 0 Å². The molecule has 1 unspecified atom stereocenters. The minimum absolute atomic E-state index is 0.167. The Labute approximate surface area is 126 Å². The molecule has 4 nitrogen and oxygen atoms in total. The van der Waals surface area contributed by atoms with Gasteiger partial charge in [-0.2, -0.15) is 13.2 Å². The summed E-state index contributed by atoms with van der Waals surface area (Å²) in [6, 6.07) is 3.54. The summed E-state index contributed by atoms with van der Waals surface area (Å²) >= 11 is 0. The number of nitrogens with zero attached hydrogens (tertiary/aromatic N) is 3. The van der Waals surface area contributed by atoms with E-state index in [1.165, 1.54) is 13.2 Å². The normalized spacial score (nSPS) is 13.2. The molecule has 0 radical (unpaired) electrons. The van der Waals surface area contributed by atoms with Crippen LogP contribution in [0.4, 0.5) is 13.2 Å². The summed E-state index contributed by atoms with van der Waals surface area (Å²) < 4.78 is 45.5. The number of ether oxygens (including phenoxy) is 1. The quantitative estimate of drug-likeness (QED) is 0.845. The highest BCUT2D eigenvalue weighted by Gasteiger charge is 2.31. The van der Waals surface area contributed by atoms with Gasteiger partial charge < -0.3 is 4.74 Å². The summed E-state index contributed by atoms with van der Waals surface area (Å²) in [6.45, 7) is 4.49. The second kappa shape index (κ2) is 6.37. The Bertz CT molecular complexity index is 637. The van der Waals surface area contributed by atoms with Gasteiger partial charge in [0.05, 0.1) is 18.4 Å². The molecule has 1 aromatic carbocycles. The monoisotopic (exact) mass is 313 g/mol. The Morgan fingerprint density at radius 2 is 2.05 bits per heavy atom. The fourth-order valence-corrected chi connectivity index (χ4v) is 2.31. The van der Waals surface area contributed by atoms with Crippen molar-refractivity contribution in [1.82, 2.24) is 15.0 Å². The summed E-state index contributed by atoms with van der Waals surface area (Å²) in [5.41, 5.74) is 0.588. The van der Waals surface area contributed by atoms with Gasteiger partial charge in [0.1, 0.15) is 5.75 Å². The summed E-state index contributed by atoms with van der Waals surface area (Å²) in [6.07, 6.45) is -2.07. The first-order valence-corrected chi connectivity index (χ1v) is 6.99. The van der Waals surface area contributed by atoms with E-state index in [-0.39, 0.29) is 5.92 Å². The van der Waals surface area contributed by atoms with Crippen LogP contribution in [-0.4, -0.2) is 22.1 Å². The molecule has 0 amide bonds. The highest BCUT2D eigenvalue weighted by Crippen LogP contribution is 2.36. The molecule has 0 saturated carbocycles. The molecular formula is C15H18F3N3O. The second-order valence-corrected chi connectivity index (χ2v) is 5.13. The number of methoxy groups -OCH3 is 1. The number of aryl methyl sites for hydroxylation is 1. The third-order valence-corrected chi connectivity index (χ3v) is 3.51. The number of halogens is 3. The molecule has 0 saturated heterocycles. The van der Waals surface area contributed by atoms with Crippen molar-refractivity contribution >= 4 is 0 Å². The minimum Gasteiger partial charge on any atom is -0.496 e. The van der Waals surface area contributed by atoms with Gasteiger partial charge in [-0.25, -0.2) is 0 Å². The van der Waals surface area contributed by atoms with Crippen LogP contribution in [0.1, 0.15) is 36.6 Å². The maximum absolute atomic E-state index is 12.9. The zero-order valence-corrected chi connectivity index (χ0v) is 12.7. The molecule has 2 aromatic rings. The molecule has 0 fully saturated rings. The fraction of sp³-hybridized carbons (Fsp3) is 0.467. The minimum atomic E-state index is -4.37. The van der Waals surface area contributed by atoms with E-state index in [1.807, 2.05) is 13.8 Å². The standard InChI is InChI=1S/C15H18F3N3O/c1-4-21-9-12(19-20-21)7-10(2)13-8-11(15(16,17)18)5-6-14(13)22-3/h5-6,8-10H,4,7H2,1-3H3. The first-order chi connectivity index (χ1) is 10.3. The number of rotatable bonds is 5. The number of alkyl halides is 3. The van der Waals surface area contributed by atoms with Crippen molar-refractivity contribution in [2.24, 2.45) is 0 Å². The number of aromatic nitrogens is 3. The van der Waals surface area contributed by atoms with Gasteiger partial charge in [0, 0.05) is 12.7 Å². The van der Waals surface area contributed by atoms with Crippen molar-refractivity contribution in [3.05, 3.63) is 41.2 Å². The summed E-state index contributed by atoms with van der Waals surface area (Å²) in [5.74, 6) is 0.280. The van der Waals surface area contributed by atoms with Crippen LogP contribution in [0, 0.1) is 0 Å². The number of benzene rings is 1. The van der Waals surface area contributed by atoms with Gasteiger partial charge in [-0.1, -0.05) is 12.1 Å². The molecule has 7 heteroatoms. The molecule has 0 aliphatic rings.